The molecule has 1 saturated heterocycles. The highest BCUT2D eigenvalue weighted by Crippen LogP contribution is 2.32. The van der Waals surface area contributed by atoms with E-state index in [0.717, 1.165) is 31.5 Å². The molecule has 13 heteroatoms. The predicted molar refractivity (Wildman–Crippen MR) is 157 cm³/mol. The average molecular weight is 721 g/mol. The number of hydrogen-bond donors (Lipinski definition) is 3. The monoisotopic (exact) mass is 720 g/mol. The third-order valence-electron chi connectivity index (χ3n) is 8.19. The highest BCUT2D eigenvalue weighted by Gasteiger charge is 2.32. The van der Waals surface area contributed by atoms with E-state index in [4.69, 9.17) is 9.84 Å². The van der Waals surface area contributed by atoms with Gasteiger partial charge >= 0.3 is 5.97 Å². The lowest BCUT2D eigenvalue weighted by Crippen LogP contribution is -3.00. The fourth-order valence-corrected chi connectivity index (χ4v) is 5.68. The number of methoxy groups -OCH3 is 1. The summed E-state index contributed by atoms with van der Waals surface area (Å²) in [5.74, 6) is -2.51. The number of fused-ring (bicyclic) bond motifs is 1. The quantitative estimate of drug-likeness (QED) is 0.169. The second-order valence-electron chi connectivity index (χ2n) is 11.2. The molecule has 2 aromatic heterocycles. The lowest BCUT2D eigenvalue weighted by atomic mass is 9.95. The standard InChI is InChI=1S/C31H34F2N6O4.HI/c1-4-20-15-21(5-6-22(20)31(42)36-16-19-9-13-39(2,14-10-19)18-26(40)41)37-29-30-35-17-24(38(30)12-11-34-29)23-7-8-25(43-3)28(33)27(23)32;/h5-8,11-12,15,17,19H,4,9-10,13-14,16,18H2,1-3H3,(H2-,34,36,37,40,41,42);1H. The van der Waals surface area contributed by atoms with Crippen molar-refractivity contribution in [2.75, 3.05) is 45.7 Å². The van der Waals surface area contributed by atoms with E-state index in [1.807, 2.05) is 20.0 Å². The van der Waals surface area contributed by atoms with Gasteiger partial charge in [0, 0.05) is 48.6 Å². The number of aromatic nitrogens is 3. The summed E-state index contributed by atoms with van der Waals surface area (Å²) in [6.07, 6.45) is 6.96. The zero-order chi connectivity index (χ0) is 30.7. The molecule has 0 unspecified atom stereocenters. The molecule has 2 aromatic carbocycles. The Hall–Kier alpha value is -3.85. The second-order valence-corrected chi connectivity index (χ2v) is 11.2. The average Bonchev–Trinajstić information content (AvgIpc) is 3.42. The minimum absolute atomic E-state index is 0. The van der Waals surface area contributed by atoms with Gasteiger partial charge in [-0.2, -0.15) is 4.39 Å². The number of likely N-dealkylation sites (N-methyl/N-ethyl adjacent to an activating group) is 1. The molecule has 1 amide bonds. The molecule has 0 spiro atoms. The predicted octanol–water partition coefficient (Wildman–Crippen LogP) is 1.66. The van der Waals surface area contributed by atoms with Crippen LogP contribution in [0, 0.1) is 17.6 Å². The summed E-state index contributed by atoms with van der Waals surface area (Å²) in [4.78, 5) is 33.1. The van der Waals surface area contributed by atoms with Crippen molar-refractivity contribution in [3.63, 3.8) is 0 Å². The Labute approximate surface area is 271 Å². The van der Waals surface area contributed by atoms with Crippen molar-refractivity contribution in [2.24, 2.45) is 5.92 Å². The number of halogens is 3. The number of amides is 1. The van der Waals surface area contributed by atoms with Gasteiger partial charge in [-0.1, -0.05) is 6.92 Å². The summed E-state index contributed by atoms with van der Waals surface area (Å²) in [5.41, 5.74) is 2.93. The molecule has 3 N–H and O–H groups in total. The molecular weight excluding hydrogens is 685 g/mol. The number of carbonyl (C=O) groups is 2. The molecule has 0 saturated carbocycles. The summed E-state index contributed by atoms with van der Waals surface area (Å²) in [7, 11) is 3.24. The number of hydrogen-bond acceptors (Lipinski definition) is 6. The number of anilines is 2. The van der Waals surface area contributed by atoms with Gasteiger partial charge in [0.15, 0.2) is 29.6 Å². The lowest BCUT2D eigenvalue weighted by molar-refractivity contribution is -0.908. The number of aryl methyl sites for hydroxylation is 1. The number of imidazole rings is 1. The molecular formula is C31H35F2IN6O4. The number of nitrogens with zero attached hydrogens (tertiary/aromatic N) is 4. The van der Waals surface area contributed by atoms with Crippen LogP contribution in [0.1, 0.15) is 35.7 Å². The van der Waals surface area contributed by atoms with E-state index in [2.05, 4.69) is 20.6 Å². The summed E-state index contributed by atoms with van der Waals surface area (Å²) >= 11 is 0. The van der Waals surface area contributed by atoms with E-state index in [1.54, 1.807) is 22.7 Å². The number of rotatable bonds is 10. The Kier molecular flexibility index (Phi) is 10.4. The molecule has 44 heavy (non-hydrogen) atoms. The topological polar surface area (TPSA) is 118 Å². The fraction of sp³-hybridized carbons (Fsp3) is 0.355. The lowest BCUT2D eigenvalue weighted by Gasteiger charge is -2.39. The first-order chi connectivity index (χ1) is 20.6. The Morgan fingerprint density at radius 1 is 1.14 bits per heavy atom. The number of aliphatic carboxylic acids is 1. The summed E-state index contributed by atoms with van der Waals surface area (Å²) in [6, 6.07) is 8.25. The molecule has 10 nitrogen and oxygen atoms in total. The van der Waals surface area contributed by atoms with Crippen LogP contribution < -0.4 is 39.3 Å². The van der Waals surface area contributed by atoms with E-state index >= 15 is 0 Å². The molecule has 1 aliphatic heterocycles. The Morgan fingerprint density at radius 2 is 1.89 bits per heavy atom. The number of piperidine rings is 1. The third kappa shape index (κ3) is 6.93. The van der Waals surface area contributed by atoms with Crippen molar-refractivity contribution in [1.29, 1.82) is 0 Å². The largest absolute Gasteiger partial charge is 1.00 e. The molecule has 3 heterocycles. The van der Waals surface area contributed by atoms with Crippen molar-refractivity contribution in [2.45, 2.75) is 26.2 Å². The van der Waals surface area contributed by atoms with Crippen molar-refractivity contribution in [3.8, 4) is 17.0 Å². The van der Waals surface area contributed by atoms with Crippen molar-refractivity contribution in [1.82, 2.24) is 19.7 Å². The van der Waals surface area contributed by atoms with Crippen LogP contribution >= 0.6 is 0 Å². The first-order valence-electron chi connectivity index (χ1n) is 14.2. The minimum Gasteiger partial charge on any atom is -1.00 e. The molecule has 0 aliphatic carbocycles. The smallest absolute Gasteiger partial charge is 0.359 e. The Bertz CT molecular complexity index is 1670. The van der Waals surface area contributed by atoms with Gasteiger partial charge in [0.1, 0.15) is 0 Å². The van der Waals surface area contributed by atoms with Gasteiger partial charge in [-0.15, -0.1) is 0 Å². The van der Waals surface area contributed by atoms with Gasteiger partial charge in [0.2, 0.25) is 5.82 Å². The third-order valence-corrected chi connectivity index (χ3v) is 8.19. The number of carboxylic acid groups (broad SMARTS) is 1. The van der Waals surface area contributed by atoms with Gasteiger partial charge in [-0.05, 0) is 48.2 Å². The number of carboxylic acids is 1. The van der Waals surface area contributed by atoms with E-state index in [9.17, 15) is 18.4 Å². The number of carbonyl (C=O) groups excluding carboxylic acids is 1. The van der Waals surface area contributed by atoms with Crippen LogP contribution in [0.5, 0.6) is 5.75 Å². The van der Waals surface area contributed by atoms with Crippen LogP contribution in [0.15, 0.2) is 48.9 Å². The molecule has 4 aromatic rings. The van der Waals surface area contributed by atoms with E-state index in [-0.39, 0.29) is 47.7 Å². The minimum atomic E-state index is -1.07. The van der Waals surface area contributed by atoms with Crippen molar-refractivity contribution >= 4 is 29.0 Å². The zero-order valence-electron chi connectivity index (χ0n) is 24.7. The molecule has 1 fully saturated rings. The van der Waals surface area contributed by atoms with Crippen LogP contribution in [-0.2, 0) is 11.2 Å². The molecule has 234 valence electrons. The number of benzene rings is 2. The fourth-order valence-electron chi connectivity index (χ4n) is 5.68. The van der Waals surface area contributed by atoms with Crippen molar-refractivity contribution < 1.29 is 56.7 Å². The van der Waals surface area contributed by atoms with Gasteiger partial charge in [-0.25, -0.2) is 19.2 Å². The number of nitrogens with one attached hydrogen (secondary N) is 2. The van der Waals surface area contributed by atoms with Gasteiger partial charge in [-0.3, -0.25) is 9.20 Å². The van der Waals surface area contributed by atoms with Gasteiger partial charge in [0.25, 0.3) is 5.91 Å². The SMILES string of the molecule is CCc1cc(Nc2nccn3c(-c4ccc(OC)c(F)c4F)cnc23)ccc1C(=O)NCC1CC[N+](C)(CC(=O)O)CC1.[I-]. The molecule has 0 atom stereocenters. The number of ether oxygens (including phenoxy) is 1. The van der Waals surface area contributed by atoms with E-state index in [0.29, 0.717) is 51.8 Å². The van der Waals surface area contributed by atoms with E-state index in [1.165, 1.54) is 31.6 Å². The van der Waals surface area contributed by atoms with Gasteiger partial charge in [0.05, 0.1) is 39.1 Å². The highest BCUT2D eigenvalue weighted by molar-refractivity contribution is 5.96. The summed E-state index contributed by atoms with van der Waals surface area (Å²) in [5, 5.41) is 15.5. The van der Waals surface area contributed by atoms with Crippen LogP contribution in [0.25, 0.3) is 16.9 Å². The van der Waals surface area contributed by atoms with Crippen molar-refractivity contribution in [3.05, 3.63) is 71.7 Å². The van der Waals surface area contributed by atoms with Crippen LogP contribution in [0.2, 0.25) is 0 Å². The highest BCUT2D eigenvalue weighted by atomic mass is 127. The molecule has 5 rings (SSSR count). The summed E-state index contributed by atoms with van der Waals surface area (Å²) < 4.78 is 36.2. The van der Waals surface area contributed by atoms with Crippen LogP contribution in [0.3, 0.4) is 0 Å². The maximum absolute atomic E-state index is 14.8. The van der Waals surface area contributed by atoms with Crippen LogP contribution in [-0.4, -0.2) is 76.2 Å². The van der Waals surface area contributed by atoms with Crippen LogP contribution in [0.4, 0.5) is 20.3 Å². The molecule has 0 bridgehead atoms. The first kappa shape index (κ1) is 33.1. The zero-order valence-corrected chi connectivity index (χ0v) is 26.9. The van der Waals surface area contributed by atoms with E-state index < -0.39 is 17.6 Å². The first-order valence-corrected chi connectivity index (χ1v) is 14.2. The maximum atomic E-state index is 14.8. The Balaban J connectivity index is 0.00000442. The molecule has 0 radical (unpaired) electrons. The number of likely N-dealkylation sites (tertiary alicyclic amines) is 1. The Morgan fingerprint density at radius 3 is 2.57 bits per heavy atom. The second kappa shape index (κ2) is 13.8. The normalized spacial score (nSPS) is 18.0. The maximum Gasteiger partial charge on any atom is 0.359 e. The summed E-state index contributed by atoms with van der Waals surface area (Å²) in [6.45, 7) is 4.19. The number of quaternary nitrogens is 1. The van der Waals surface area contributed by atoms with Gasteiger partial charge < -0.3 is 48.9 Å². The molecule has 1 aliphatic rings.